The van der Waals surface area contributed by atoms with Crippen molar-refractivity contribution in [2.24, 2.45) is 7.05 Å². The Hall–Kier alpha value is -2.95. The molecule has 31 heavy (non-hydrogen) atoms. The smallest absolute Gasteiger partial charge is 0.410 e. The minimum absolute atomic E-state index is 0.00575. The molecule has 8 heteroatoms. The van der Waals surface area contributed by atoms with E-state index in [-0.39, 0.29) is 23.7 Å². The molecule has 0 aliphatic carbocycles. The summed E-state index contributed by atoms with van der Waals surface area (Å²) in [7, 11) is 1.75. The number of nitrogens with zero attached hydrogens (tertiary/aromatic N) is 5. The zero-order chi connectivity index (χ0) is 22.9. The van der Waals surface area contributed by atoms with Crippen LogP contribution in [-0.2, 0) is 18.3 Å². The van der Waals surface area contributed by atoms with Gasteiger partial charge in [-0.1, -0.05) is 12.8 Å². The molecule has 168 valence electrons. The van der Waals surface area contributed by atoms with Crippen LogP contribution >= 0.6 is 0 Å². The van der Waals surface area contributed by atoms with E-state index in [0.717, 1.165) is 23.1 Å². The van der Waals surface area contributed by atoms with Crippen molar-refractivity contribution in [3.05, 3.63) is 22.6 Å². The second kappa shape index (κ2) is 8.66. The van der Waals surface area contributed by atoms with Gasteiger partial charge >= 0.3 is 6.09 Å². The van der Waals surface area contributed by atoms with Crippen LogP contribution in [0.5, 0.6) is 0 Å². The normalized spacial score (nSPS) is 19.3. The SMILES string of the molecule is CC#CCn1cc2c(n1)c(N1C[C@@H](CC)N(C(=O)OC(C)(C)C)C[C@@H]1C)cc(=O)n2C. The van der Waals surface area contributed by atoms with E-state index < -0.39 is 5.60 Å². The maximum atomic E-state index is 12.8. The van der Waals surface area contributed by atoms with Crippen molar-refractivity contribution in [2.75, 3.05) is 18.0 Å². The van der Waals surface area contributed by atoms with Gasteiger partial charge in [-0.05, 0) is 41.0 Å². The predicted molar refractivity (Wildman–Crippen MR) is 122 cm³/mol. The minimum Gasteiger partial charge on any atom is -0.444 e. The number of rotatable bonds is 3. The van der Waals surface area contributed by atoms with Gasteiger partial charge in [0, 0.05) is 32.2 Å². The van der Waals surface area contributed by atoms with Crippen LogP contribution < -0.4 is 10.5 Å². The number of amides is 1. The van der Waals surface area contributed by atoms with Gasteiger partial charge in [-0.15, -0.1) is 5.92 Å². The Balaban J connectivity index is 1.98. The molecule has 2 aromatic rings. The summed E-state index contributed by atoms with van der Waals surface area (Å²) in [5.41, 5.74) is 1.72. The van der Waals surface area contributed by atoms with E-state index in [4.69, 9.17) is 9.84 Å². The second-order valence-corrected chi connectivity index (χ2v) is 9.11. The van der Waals surface area contributed by atoms with Crippen molar-refractivity contribution in [3.63, 3.8) is 0 Å². The zero-order valence-electron chi connectivity index (χ0n) is 19.6. The Morgan fingerprint density at radius 2 is 2.03 bits per heavy atom. The van der Waals surface area contributed by atoms with E-state index in [1.54, 1.807) is 29.3 Å². The number of hydrogen-bond acceptors (Lipinski definition) is 5. The molecule has 0 unspecified atom stereocenters. The van der Waals surface area contributed by atoms with E-state index in [0.29, 0.717) is 19.6 Å². The van der Waals surface area contributed by atoms with Crippen LogP contribution in [0.1, 0.15) is 48.0 Å². The number of anilines is 1. The molecular formula is C23H33N5O3. The Morgan fingerprint density at radius 3 is 2.65 bits per heavy atom. The van der Waals surface area contributed by atoms with Crippen LogP contribution in [0.2, 0.25) is 0 Å². The van der Waals surface area contributed by atoms with Gasteiger partial charge in [0.2, 0.25) is 0 Å². The summed E-state index contributed by atoms with van der Waals surface area (Å²) >= 11 is 0. The minimum atomic E-state index is -0.540. The van der Waals surface area contributed by atoms with Crippen molar-refractivity contribution < 1.29 is 9.53 Å². The highest BCUT2D eigenvalue weighted by molar-refractivity contribution is 5.88. The van der Waals surface area contributed by atoms with Crippen LogP contribution in [0, 0.1) is 11.8 Å². The molecular weight excluding hydrogens is 394 g/mol. The summed E-state index contributed by atoms with van der Waals surface area (Å²) in [4.78, 5) is 29.5. The van der Waals surface area contributed by atoms with Crippen molar-refractivity contribution in [2.45, 2.75) is 72.2 Å². The van der Waals surface area contributed by atoms with Crippen LogP contribution in [0.15, 0.2) is 17.1 Å². The third-order valence-electron chi connectivity index (χ3n) is 5.60. The molecule has 0 aromatic carbocycles. The Bertz CT molecular complexity index is 1080. The monoisotopic (exact) mass is 427 g/mol. The lowest BCUT2D eigenvalue weighted by molar-refractivity contribution is 0.0106. The number of carbonyl (C=O) groups is 1. The molecule has 0 N–H and O–H groups in total. The van der Waals surface area contributed by atoms with E-state index in [1.165, 1.54) is 0 Å². The summed E-state index contributed by atoms with van der Waals surface area (Å²) in [6.45, 7) is 13.1. The van der Waals surface area contributed by atoms with Crippen molar-refractivity contribution in [3.8, 4) is 11.8 Å². The number of hydrogen-bond donors (Lipinski definition) is 0. The fourth-order valence-electron chi connectivity index (χ4n) is 3.97. The first-order chi connectivity index (χ1) is 14.6. The largest absolute Gasteiger partial charge is 0.444 e. The van der Waals surface area contributed by atoms with Crippen LogP contribution in [-0.4, -0.2) is 56.1 Å². The van der Waals surface area contributed by atoms with Crippen molar-refractivity contribution in [1.82, 2.24) is 19.2 Å². The topological polar surface area (TPSA) is 72.6 Å². The molecule has 1 aliphatic heterocycles. The second-order valence-electron chi connectivity index (χ2n) is 9.11. The summed E-state index contributed by atoms with van der Waals surface area (Å²) < 4.78 is 9.01. The Morgan fingerprint density at radius 1 is 1.32 bits per heavy atom. The third-order valence-corrected chi connectivity index (χ3v) is 5.60. The molecule has 8 nitrogen and oxygen atoms in total. The first-order valence-corrected chi connectivity index (χ1v) is 10.8. The average Bonchev–Trinajstić information content (AvgIpc) is 3.12. The lowest BCUT2D eigenvalue weighted by atomic mass is 10.0. The molecule has 2 atom stereocenters. The van der Waals surface area contributed by atoms with Crippen LogP contribution in [0.4, 0.5) is 10.5 Å². The molecule has 1 fully saturated rings. The number of pyridine rings is 1. The summed E-state index contributed by atoms with van der Waals surface area (Å²) in [6.07, 6.45) is 2.36. The van der Waals surface area contributed by atoms with Gasteiger partial charge in [0.15, 0.2) is 0 Å². The van der Waals surface area contributed by atoms with Gasteiger partial charge in [0.1, 0.15) is 17.7 Å². The number of carbonyl (C=O) groups excluding carboxylic acids is 1. The summed E-state index contributed by atoms with van der Waals surface area (Å²) in [5, 5.41) is 4.72. The highest BCUT2D eigenvalue weighted by atomic mass is 16.6. The molecule has 0 saturated carbocycles. The maximum Gasteiger partial charge on any atom is 0.410 e. The van der Waals surface area contributed by atoms with E-state index >= 15 is 0 Å². The molecule has 1 saturated heterocycles. The standard InChI is InChI=1S/C23H33N5O3/c1-8-10-11-26-15-19-21(24-26)18(12-20(29)25(19)7)27-14-17(9-2)28(13-16(27)3)22(30)31-23(4,5)6/h12,15-17H,9,11,13-14H2,1-7H3/t16-,17+/m0/s1. The van der Waals surface area contributed by atoms with E-state index in [9.17, 15) is 9.59 Å². The van der Waals surface area contributed by atoms with E-state index in [2.05, 4.69) is 30.6 Å². The summed E-state index contributed by atoms with van der Waals surface area (Å²) in [5.74, 6) is 5.89. The molecule has 0 bridgehead atoms. The first kappa shape index (κ1) is 22.7. The van der Waals surface area contributed by atoms with Crippen molar-refractivity contribution >= 4 is 22.8 Å². The molecule has 3 heterocycles. The Labute approximate surface area is 183 Å². The van der Waals surface area contributed by atoms with Gasteiger partial charge in [-0.3, -0.25) is 9.48 Å². The molecule has 0 radical (unpaired) electrons. The maximum absolute atomic E-state index is 12.8. The number of fused-ring (bicyclic) bond motifs is 1. The van der Waals surface area contributed by atoms with Crippen LogP contribution in [0.25, 0.3) is 11.0 Å². The van der Waals surface area contributed by atoms with Crippen LogP contribution in [0.3, 0.4) is 0 Å². The molecule has 3 rings (SSSR count). The number of piperazine rings is 1. The Kier molecular flexibility index (Phi) is 6.35. The van der Waals surface area contributed by atoms with Gasteiger partial charge in [0.25, 0.3) is 5.56 Å². The van der Waals surface area contributed by atoms with E-state index in [1.807, 2.05) is 31.9 Å². The quantitative estimate of drug-likeness (QED) is 0.704. The van der Waals surface area contributed by atoms with Gasteiger partial charge in [0.05, 0.1) is 23.4 Å². The first-order valence-electron chi connectivity index (χ1n) is 10.8. The lowest BCUT2D eigenvalue weighted by Gasteiger charge is -2.46. The number of aromatic nitrogens is 3. The number of aryl methyl sites for hydroxylation is 1. The molecule has 2 aromatic heterocycles. The fraction of sp³-hybridized carbons (Fsp3) is 0.609. The van der Waals surface area contributed by atoms with Crippen molar-refractivity contribution in [1.29, 1.82) is 0 Å². The highest BCUT2D eigenvalue weighted by Gasteiger charge is 2.37. The zero-order valence-corrected chi connectivity index (χ0v) is 19.6. The molecule has 1 aliphatic rings. The molecule has 1 amide bonds. The van der Waals surface area contributed by atoms with Gasteiger partial charge < -0.3 is 19.1 Å². The fourth-order valence-corrected chi connectivity index (χ4v) is 3.97. The molecule has 0 spiro atoms. The average molecular weight is 428 g/mol. The highest BCUT2D eigenvalue weighted by Crippen LogP contribution is 2.30. The third kappa shape index (κ3) is 4.71. The number of ether oxygens (including phenoxy) is 1. The van der Waals surface area contributed by atoms with Gasteiger partial charge in [-0.2, -0.15) is 5.10 Å². The van der Waals surface area contributed by atoms with Gasteiger partial charge in [-0.25, -0.2) is 4.79 Å². The lowest BCUT2D eigenvalue weighted by Crippen LogP contribution is -2.59. The summed E-state index contributed by atoms with van der Waals surface area (Å²) in [6, 6.07) is 1.64. The predicted octanol–water partition coefficient (Wildman–Crippen LogP) is 2.98.